The molecule has 0 spiro atoms. The van der Waals surface area contributed by atoms with E-state index in [2.05, 4.69) is 15.8 Å². The van der Waals surface area contributed by atoms with Crippen LogP contribution in [0.15, 0.2) is 30.5 Å². The number of carbonyl (C=O) groups excluding carboxylic acids is 1. The van der Waals surface area contributed by atoms with E-state index in [1.165, 1.54) is 19.3 Å². The maximum absolute atomic E-state index is 12.4. The zero-order valence-corrected chi connectivity index (χ0v) is 19.0. The highest BCUT2D eigenvalue weighted by Crippen LogP contribution is 2.35. The minimum atomic E-state index is -3.56. The highest BCUT2D eigenvalue weighted by molar-refractivity contribution is 7.92. The molecule has 0 unspecified atom stereocenters. The van der Waals surface area contributed by atoms with Gasteiger partial charge in [0.05, 0.1) is 41.6 Å². The predicted octanol–water partition coefficient (Wildman–Crippen LogP) is 3.34. The molecule has 0 aliphatic carbocycles. The van der Waals surface area contributed by atoms with Crippen LogP contribution in [-0.2, 0) is 14.9 Å². The molecule has 1 amide bonds. The SMILES string of the molecule is CCONC(=O)c1cnc(Cl)cc1Nc1ccc(OC(C)C)cc1N(C)S(C)(=O)=O. The summed E-state index contributed by atoms with van der Waals surface area (Å²) in [6.45, 7) is 5.76. The second kappa shape index (κ2) is 9.96. The molecule has 0 saturated heterocycles. The third-order valence-corrected chi connectivity index (χ3v) is 5.27. The first-order chi connectivity index (χ1) is 14.0. The molecule has 9 nitrogen and oxygen atoms in total. The Morgan fingerprint density at radius 3 is 2.57 bits per heavy atom. The van der Waals surface area contributed by atoms with E-state index in [4.69, 9.17) is 21.2 Å². The van der Waals surface area contributed by atoms with Gasteiger partial charge >= 0.3 is 0 Å². The third-order valence-electron chi connectivity index (χ3n) is 3.87. The molecule has 0 atom stereocenters. The van der Waals surface area contributed by atoms with Crippen LogP contribution in [0.4, 0.5) is 17.1 Å². The fourth-order valence-corrected chi connectivity index (χ4v) is 3.12. The number of hydrogen-bond donors (Lipinski definition) is 2. The number of amides is 1. The van der Waals surface area contributed by atoms with Gasteiger partial charge in [-0.2, -0.15) is 0 Å². The average molecular weight is 457 g/mol. The summed E-state index contributed by atoms with van der Waals surface area (Å²) in [6.07, 6.45) is 2.31. The number of pyridine rings is 1. The summed E-state index contributed by atoms with van der Waals surface area (Å²) in [5, 5.41) is 3.23. The lowest BCUT2D eigenvalue weighted by molar-refractivity contribution is 0.0365. The first-order valence-electron chi connectivity index (χ1n) is 9.12. The van der Waals surface area contributed by atoms with Crippen molar-refractivity contribution in [3.63, 3.8) is 0 Å². The number of ether oxygens (including phenoxy) is 1. The fourth-order valence-electron chi connectivity index (χ4n) is 2.45. The number of nitrogens with one attached hydrogen (secondary N) is 2. The number of hydroxylamine groups is 1. The molecule has 1 heterocycles. The summed E-state index contributed by atoms with van der Waals surface area (Å²) in [6, 6.07) is 6.43. The van der Waals surface area contributed by atoms with Gasteiger partial charge in [-0.15, -0.1) is 0 Å². The number of rotatable bonds is 9. The standard InChI is InChI=1S/C19H25ClN4O5S/c1-6-28-23-19(25)14-11-21-18(20)10-16(14)22-15-8-7-13(29-12(2)3)9-17(15)24(4)30(5,26)27/h7-12H,6H2,1-5H3,(H,21,22)(H,23,25). The Bertz CT molecular complexity index is 1010. The van der Waals surface area contributed by atoms with Gasteiger partial charge in [0.1, 0.15) is 10.9 Å². The summed E-state index contributed by atoms with van der Waals surface area (Å²) >= 11 is 6.01. The fraction of sp³-hybridized carbons (Fsp3) is 0.368. The second-order valence-electron chi connectivity index (χ2n) is 6.62. The third kappa shape index (κ3) is 6.22. The summed E-state index contributed by atoms with van der Waals surface area (Å²) < 4.78 is 31.1. The van der Waals surface area contributed by atoms with E-state index in [0.717, 1.165) is 10.6 Å². The van der Waals surface area contributed by atoms with Gasteiger partial charge in [0.15, 0.2) is 0 Å². The molecule has 0 aliphatic heterocycles. The normalized spacial score (nSPS) is 11.3. The van der Waals surface area contributed by atoms with Crippen LogP contribution in [0.3, 0.4) is 0 Å². The molecular weight excluding hydrogens is 432 g/mol. The van der Waals surface area contributed by atoms with Crippen LogP contribution in [0, 0.1) is 0 Å². The minimum absolute atomic E-state index is 0.0898. The van der Waals surface area contributed by atoms with Crippen molar-refractivity contribution < 1.29 is 22.8 Å². The van der Waals surface area contributed by atoms with Gasteiger partial charge in [-0.05, 0) is 39.0 Å². The highest BCUT2D eigenvalue weighted by Gasteiger charge is 2.20. The first kappa shape index (κ1) is 23.7. The molecule has 0 saturated carbocycles. The quantitative estimate of drug-likeness (QED) is 0.439. The minimum Gasteiger partial charge on any atom is -0.491 e. The molecular formula is C19H25ClN4O5S. The van der Waals surface area contributed by atoms with Gasteiger partial charge in [-0.25, -0.2) is 18.9 Å². The van der Waals surface area contributed by atoms with Crippen LogP contribution >= 0.6 is 11.6 Å². The Kier molecular flexibility index (Phi) is 7.88. The van der Waals surface area contributed by atoms with Gasteiger partial charge in [-0.1, -0.05) is 11.6 Å². The van der Waals surface area contributed by atoms with E-state index in [1.807, 2.05) is 13.8 Å². The lowest BCUT2D eigenvalue weighted by atomic mass is 10.2. The monoisotopic (exact) mass is 456 g/mol. The van der Waals surface area contributed by atoms with Gasteiger partial charge in [0, 0.05) is 19.3 Å². The van der Waals surface area contributed by atoms with E-state index < -0.39 is 15.9 Å². The Hall–Kier alpha value is -2.56. The van der Waals surface area contributed by atoms with Crippen molar-refractivity contribution in [2.24, 2.45) is 0 Å². The van der Waals surface area contributed by atoms with Crippen molar-refractivity contribution in [1.29, 1.82) is 0 Å². The molecule has 1 aromatic heterocycles. The van der Waals surface area contributed by atoms with Crippen molar-refractivity contribution in [1.82, 2.24) is 10.5 Å². The maximum atomic E-state index is 12.4. The predicted molar refractivity (Wildman–Crippen MR) is 117 cm³/mol. The number of benzene rings is 1. The van der Waals surface area contributed by atoms with Crippen molar-refractivity contribution in [3.05, 3.63) is 41.2 Å². The summed E-state index contributed by atoms with van der Waals surface area (Å²) in [5.74, 6) is -0.0237. The largest absolute Gasteiger partial charge is 0.491 e. The van der Waals surface area contributed by atoms with E-state index in [9.17, 15) is 13.2 Å². The van der Waals surface area contributed by atoms with Crippen LogP contribution in [0.2, 0.25) is 5.15 Å². The average Bonchev–Trinajstić information content (AvgIpc) is 2.65. The zero-order chi connectivity index (χ0) is 22.5. The molecule has 1 aromatic carbocycles. The van der Waals surface area contributed by atoms with E-state index in [1.54, 1.807) is 25.1 Å². The lowest BCUT2D eigenvalue weighted by Gasteiger charge is -2.23. The molecule has 11 heteroatoms. The van der Waals surface area contributed by atoms with Crippen molar-refractivity contribution in [3.8, 4) is 5.75 Å². The Labute approximate surface area is 181 Å². The molecule has 0 radical (unpaired) electrons. The van der Waals surface area contributed by atoms with E-state index in [-0.39, 0.29) is 23.4 Å². The Balaban J connectivity index is 2.52. The van der Waals surface area contributed by atoms with Crippen molar-refractivity contribution >= 4 is 44.6 Å². The van der Waals surface area contributed by atoms with Gasteiger partial charge in [0.25, 0.3) is 5.91 Å². The second-order valence-corrected chi connectivity index (χ2v) is 9.02. The van der Waals surface area contributed by atoms with E-state index >= 15 is 0 Å². The smallest absolute Gasteiger partial charge is 0.278 e. The molecule has 2 aromatic rings. The number of nitrogens with zero attached hydrogens (tertiary/aromatic N) is 2. The van der Waals surface area contributed by atoms with Gasteiger partial charge in [0.2, 0.25) is 10.0 Å². The van der Waals surface area contributed by atoms with Crippen LogP contribution in [0.1, 0.15) is 31.1 Å². The zero-order valence-electron chi connectivity index (χ0n) is 17.4. The molecule has 0 aliphatic rings. The first-order valence-corrected chi connectivity index (χ1v) is 11.3. The van der Waals surface area contributed by atoms with Gasteiger partial charge in [-0.3, -0.25) is 13.9 Å². The summed E-state index contributed by atoms with van der Waals surface area (Å²) in [4.78, 5) is 21.3. The topological polar surface area (TPSA) is 110 Å². The summed E-state index contributed by atoms with van der Waals surface area (Å²) in [5.41, 5.74) is 3.55. The molecule has 0 fully saturated rings. The molecule has 0 bridgehead atoms. The van der Waals surface area contributed by atoms with Crippen molar-refractivity contribution in [2.45, 2.75) is 26.9 Å². The van der Waals surface area contributed by atoms with E-state index in [0.29, 0.717) is 22.8 Å². The van der Waals surface area contributed by atoms with Crippen LogP contribution in [-0.4, -0.2) is 45.3 Å². The van der Waals surface area contributed by atoms with Crippen LogP contribution in [0.5, 0.6) is 5.75 Å². The molecule has 164 valence electrons. The highest BCUT2D eigenvalue weighted by atomic mass is 35.5. The number of halogens is 1. The number of aromatic nitrogens is 1. The Morgan fingerprint density at radius 2 is 1.97 bits per heavy atom. The van der Waals surface area contributed by atoms with Crippen LogP contribution < -0.4 is 19.8 Å². The van der Waals surface area contributed by atoms with Crippen LogP contribution in [0.25, 0.3) is 0 Å². The number of anilines is 3. The lowest BCUT2D eigenvalue weighted by Crippen LogP contribution is -2.26. The maximum Gasteiger partial charge on any atom is 0.278 e. The summed E-state index contributed by atoms with van der Waals surface area (Å²) in [7, 11) is -2.13. The molecule has 2 N–H and O–H groups in total. The molecule has 30 heavy (non-hydrogen) atoms. The van der Waals surface area contributed by atoms with Crippen molar-refractivity contribution in [2.75, 3.05) is 29.5 Å². The van der Waals surface area contributed by atoms with Gasteiger partial charge < -0.3 is 10.1 Å². The number of hydrogen-bond acceptors (Lipinski definition) is 7. The molecule has 2 rings (SSSR count). The number of sulfonamides is 1. The number of carbonyl (C=O) groups is 1. The Morgan fingerprint density at radius 1 is 1.27 bits per heavy atom.